The predicted octanol–water partition coefficient (Wildman–Crippen LogP) is 5.96. The molecule has 0 bridgehead atoms. The van der Waals surface area contributed by atoms with Gasteiger partial charge in [0, 0.05) is 12.5 Å². The van der Waals surface area contributed by atoms with Crippen molar-refractivity contribution in [2.24, 2.45) is 11.7 Å². The quantitative estimate of drug-likeness (QED) is 0.389. The van der Waals surface area contributed by atoms with Gasteiger partial charge in [0.15, 0.2) is 23.0 Å². The fraction of sp³-hybridized carbons (Fsp3) is 0.571. The number of hydrogen-bond acceptors (Lipinski definition) is 6. The third-order valence-electron chi connectivity index (χ3n) is 6.96. The van der Waals surface area contributed by atoms with Crippen LogP contribution in [-0.2, 0) is 0 Å². The Kier molecular flexibility index (Phi) is 9.75. The highest BCUT2D eigenvalue weighted by atomic mass is 16.6. The molecule has 1 aliphatic heterocycles. The van der Waals surface area contributed by atoms with E-state index in [9.17, 15) is 0 Å². The molecule has 0 radical (unpaired) electrons. The van der Waals surface area contributed by atoms with E-state index < -0.39 is 0 Å². The number of para-hydroxylation sites is 2. The number of nitrogens with two attached hydrogens (primary N) is 1. The summed E-state index contributed by atoms with van der Waals surface area (Å²) in [5.74, 6) is 4.64. The first-order valence-electron chi connectivity index (χ1n) is 12.5. The van der Waals surface area contributed by atoms with Gasteiger partial charge < -0.3 is 29.4 Å². The summed E-state index contributed by atoms with van der Waals surface area (Å²) in [6, 6.07) is 12.1. The summed E-state index contributed by atoms with van der Waals surface area (Å²) in [7, 11) is 4.98. The lowest BCUT2D eigenvalue weighted by atomic mass is 9.79. The van der Waals surface area contributed by atoms with Gasteiger partial charge in [-0.1, -0.05) is 45.2 Å². The second-order valence-corrected chi connectivity index (χ2v) is 9.07. The average Bonchev–Trinajstić information content (AvgIpc) is 2.87. The first-order valence-corrected chi connectivity index (χ1v) is 12.5. The zero-order valence-electron chi connectivity index (χ0n) is 21.3. The van der Waals surface area contributed by atoms with Crippen molar-refractivity contribution >= 4 is 0 Å². The molecule has 2 N–H and O–H groups in total. The van der Waals surface area contributed by atoms with Crippen molar-refractivity contribution in [3.05, 3.63) is 42.0 Å². The van der Waals surface area contributed by atoms with Gasteiger partial charge in [0.25, 0.3) is 0 Å². The van der Waals surface area contributed by atoms with Crippen molar-refractivity contribution in [1.29, 1.82) is 0 Å². The highest BCUT2D eigenvalue weighted by molar-refractivity contribution is 5.54. The number of methoxy groups -OCH3 is 3. The first-order chi connectivity index (χ1) is 16.5. The Hall–Kier alpha value is -2.60. The van der Waals surface area contributed by atoms with Crippen LogP contribution in [0.3, 0.4) is 0 Å². The van der Waals surface area contributed by atoms with Crippen LogP contribution in [-0.4, -0.2) is 40.1 Å². The van der Waals surface area contributed by atoms with E-state index >= 15 is 0 Å². The number of rotatable bonds is 13. The molecule has 0 amide bonds. The molecule has 1 aliphatic rings. The summed E-state index contributed by atoms with van der Waals surface area (Å²) in [5, 5.41) is 0. The van der Waals surface area contributed by atoms with E-state index in [-0.39, 0.29) is 12.1 Å². The van der Waals surface area contributed by atoms with Crippen molar-refractivity contribution in [1.82, 2.24) is 0 Å². The smallest absolute Gasteiger partial charge is 0.203 e. The molecule has 0 fully saturated rings. The SMILES string of the molecule is CCC(CC)C(CCCC(N)CC1COc2ccccc2O1)c1cc(OC)c(OC)c(OC)c1. The van der Waals surface area contributed by atoms with Crippen LogP contribution in [0, 0.1) is 5.92 Å². The highest BCUT2D eigenvalue weighted by Gasteiger charge is 2.26. The summed E-state index contributed by atoms with van der Waals surface area (Å²) >= 11 is 0. The van der Waals surface area contributed by atoms with Crippen LogP contribution in [0.1, 0.15) is 63.9 Å². The number of ether oxygens (including phenoxy) is 5. The van der Waals surface area contributed by atoms with Crippen molar-refractivity contribution in [2.75, 3.05) is 27.9 Å². The van der Waals surface area contributed by atoms with Gasteiger partial charge in [-0.05, 0) is 54.5 Å². The Balaban J connectivity index is 1.64. The molecular formula is C28H41NO5. The maximum Gasteiger partial charge on any atom is 0.203 e. The third kappa shape index (κ3) is 6.29. The standard InChI is InChI=1S/C28H41NO5/c1-6-19(7-2)23(20-15-26(30-3)28(32-5)27(16-20)31-4)12-10-11-21(29)17-22-18-33-24-13-8-9-14-25(24)34-22/h8-9,13-16,19,21-23H,6-7,10-12,17-18,29H2,1-5H3. The van der Waals surface area contributed by atoms with Crippen molar-refractivity contribution in [3.8, 4) is 28.7 Å². The second kappa shape index (κ2) is 12.7. The Morgan fingerprint density at radius 2 is 1.59 bits per heavy atom. The Labute approximate surface area is 204 Å². The van der Waals surface area contributed by atoms with Gasteiger partial charge in [-0.2, -0.15) is 0 Å². The molecule has 3 unspecified atom stereocenters. The van der Waals surface area contributed by atoms with E-state index in [1.165, 1.54) is 5.56 Å². The first kappa shape index (κ1) is 26.0. The van der Waals surface area contributed by atoms with E-state index in [1.54, 1.807) is 21.3 Å². The molecule has 1 heterocycles. The van der Waals surface area contributed by atoms with Crippen LogP contribution >= 0.6 is 0 Å². The van der Waals surface area contributed by atoms with Crippen LogP contribution < -0.4 is 29.4 Å². The van der Waals surface area contributed by atoms with E-state index in [1.807, 2.05) is 24.3 Å². The molecule has 2 aromatic rings. The summed E-state index contributed by atoms with van der Waals surface area (Å²) in [6.45, 7) is 5.08. The van der Waals surface area contributed by atoms with Crippen LogP contribution in [0.5, 0.6) is 28.7 Å². The van der Waals surface area contributed by atoms with Crippen LogP contribution in [0.25, 0.3) is 0 Å². The van der Waals surface area contributed by atoms with E-state index in [2.05, 4.69) is 26.0 Å². The van der Waals surface area contributed by atoms with Gasteiger partial charge in [0.2, 0.25) is 5.75 Å². The molecule has 0 spiro atoms. The second-order valence-electron chi connectivity index (χ2n) is 9.07. The summed E-state index contributed by atoms with van der Waals surface area (Å²) < 4.78 is 28.7. The molecule has 6 nitrogen and oxygen atoms in total. The zero-order chi connectivity index (χ0) is 24.5. The Morgan fingerprint density at radius 3 is 2.18 bits per heavy atom. The molecule has 2 aromatic carbocycles. The number of benzene rings is 2. The minimum atomic E-state index is -0.00478. The largest absolute Gasteiger partial charge is 0.493 e. The van der Waals surface area contributed by atoms with Gasteiger partial charge in [-0.25, -0.2) is 0 Å². The molecular weight excluding hydrogens is 430 g/mol. The summed E-state index contributed by atoms with van der Waals surface area (Å²) in [4.78, 5) is 0. The normalized spacial score (nSPS) is 16.7. The molecule has 188 valence electrons. The minimum absolute atomic E-state index is 0.00478. The highest BCUT2D eigenvalue weighted by Crippen LogP contribution is 2.44. The van der Waals surface area contributed by atoms with Crippen molar-refractivity contribution < 1.29 is 23.7 Å². The maximum absolute atomic E-state index is 6.53. The predicted molar refractivity (Wildman–Crippen MR) is 136 cm³/mol. The van der Waals surface area contributed by atoms with Crippen LogP contribution in [0.2, 0.25) is 0 Å². The van der Waals surface area contributed by atoms with Crippen molar-refractivity contribution in [3.63, 3.8) is 0 Å². The maximum atomic E-state index is 6.53. The Morgan fingerprint density at radius 1 is 0.941 bits per heavy atom. The molecule has 6 heteroatoms. The van der Waals surface area contributed by atoms with Gasteiger partial charge >= 0.3 is 0 Å². The molecule has 0 saturated carbocycles. The topological polar surface area (TPSA) is 72.2 Å². The molecule has 3 rings (SSSR count). The molecule has 0 aromatic heterocycles. The van der Waals surface area contributed by atoms with E-state index in [4.69, 9.17) is 29.4 Å². The molecule has 3 atom stereocenters. The molecule has 0 saturated heterocycles. The minimum Gasteiger partial charge on any atom is -0.493 e. The zero-order valence-corrected chi connectivity index (χ0v) is 21.3. The third-order valence-corrected chi connectivity index (χ3v) is 6.96. The van der Waals surface area contributed by atoms with Crippen LogP contribution in [0.4, 0.5) is 0 Å². The molecule has 34 heavy (non-hydrogen) atoms. The van der Waals surface area contributed by atoms with Gasteiger partial charge in [-0.15, -0.1) is 0 Å². The average molecular weight is 472 g/mol. The van der Waals surface area contributed by atoms with E-state index in [0.29, 0.717) is 35.7 Å². The number of fused-ring (bicyclic) bond motifs is 1. The van der Waals surface area contributed by atoms with Crippen molar-refractivity contribution in [2.45, 2.75) is 70.4 Å². The number of hydrogen-bond donors (Lipinski definition) is 1. The fourth-order valence-electron chi connectivity index (χ4n) is 5.08. The monoisotopic (exact) mass is 471 g/mol. The summed E-state index contributed by atoms with van der Waals surface area (Å²) in [5.41, 5.74) is 7.76. The van der Waals surface area contributed by atoms with Gasteiger partial charge in [0.05, 0.1) is 21.3 Å². The van der Waals surface area contributed by atoms with E-state index in [0.717, 1.165) is 50.0 Å². The van der Waals surface area contributed by atoms with Gasteiger partial charge in [-0.3, -0.25) is 0 Å². The lowest BCUT2D eigenvalue weighted by Crippen LogP contribution is -2.35. The summed E-state index contributed by atoms with van der Waals surface area (Å²) in [6.07, 6.45) is 6.08. The van der Waals surface area contributed by atoms with Gasteiger partial charge in [0.1, 0.15) is 12.7 Å². The van der Waals surface area contributed by atoms with Crippen LogP contribution in [0.15, 0.2) is 36.4 Å². The lowest BCUT2D eigenvalue weighted by molar-refractivity contribution is 0.0789. The molecule has 0 aliphatic carbocycles. The fourth-order valence-corrected chi connectivity index (χ4v) is 5.08. The lowest BCUT2D eigenvalue weighted by Gasteiger charge is -2.29. The Bertz CT molecular complexity index is 873.